The average Bonchev–Trinajstić information content (AvgIpc) is 2.78. The minimum atomic E-state index is 0.393. The Bertz CT molecular complexity index is 460. The lowest BCUT2D eigenvalue weighted by Gasteiger charge is -2.28. The van der Waals surface area contributed by atoms with Crippen molar-refractivity contribution in [2.45, 2.75) is 45.1 Å². The van der Waals surface area contributed by atoms with Crippen LogP contribution in [0.25, 0.3) is 0 Å². The summed E-state index contributed by atoms with van der Waals surface area (Å²) < 4.78 is 17.0. The molecule has 0 saturated heterocycles. The Morgan fingerprint density at radius 3 is 2.38 bits per heavy atom. The Labute approximate surface area is 127 Å². The maximum absolute atomic E-state index is 6.25. The van der Waals surface area contributed by atoms with Crippen molar-refractivity contribution in [2.24, 2.45) is 11.8 Å². The fourth-order valence-corrected chi connectivity index (χ4v) is 3.84. The van der Waals surface area contributed by atoms with Gasteiger partial charge < -0.3 is 14.2 Å². The molecule has 0 aromatic heterocycles. The van der Waals surface area contributed by atoms with Gasteiger partial charge in [-0.3, -0.25) is 0 Å². The Morgan fingerprint density at radius 2 is 1.67 bits per heavy atom. The molecular formula is C18H26O3. The first-order chi connectivity index (χ1) is 10.2. The highest BCUT2D eigenvalue weighted by Crippen LogP contribution is 2.43. The number of ether oxygens (including phenoxy) is 3. The minimum Gasteiger partial charge on any atom is -0.491 e. The Balaban J connectivity index is 1.61. The maximum Gasteiger partial charge on any atom is 0.123 e. The highest BCUT2D eigenvalue weighted by molar-refractivity contribution is 5.38. The van der Waals surface area contributed by atoms with Crippen LogP contribution in [0.15, 0.2) is 18.2 Å². The standard InChI is InChI=1S/C18H26O3/c1-13-7-16(20-6-5-19-2)12-17(8-13)21-18-10-14-3-4-15(9-14)11-18/h7-8,12,14-15,18H,3-6,9-11H2,1-2H3/t14-,15+,18-. The largest absolute Gasteiger partial charge is 0.491 e. The Morgan fingerprint density at radius 1 is 0.952 bits per heavy atom. The second kappa shape index (κ2) is 6.69. The molecule has 3 heteroatoms. The molecule has 2 aliphatic rings. The van der Waals surface area contributed by atoms with Gasteiger partial charge in [0, 0.05) is 13.2 Å². The highest BCUT2D eigenvalue weighted by atomic mass is 16.5. The van der Waals surface area contributed by atoms with Crippen molar-refractivity contribution in [1.29, 1.82) is 0 Å². The van der Waals surface area contributed by atoms with Crippen LogP contribution in [0.5, 0.6) is 11.5 Å². The van der Waals surface area contributed by atoms with Crippen LogP contribution in [0.2, 0.25) is 0 Å². The summed E-state index contributed by atoms with van der Waals surface area (Å²) >= 11 is 0. The van der Waals surface area contributed by atoms with Gasteiger partial charge in [0.2, 0.25) is 0 Å². The van der Waals surface area contributed by atoms with Crippen molar-refractivity contribution >= 4 is 0 Å². The zero-order chi connectivity index (χ0) is 14.7. The van der Waals surface area contributed by atoms with Gasteiger partial charge >= 0.3 is 0 Å². The van der Waals surface area contributed by atoms with E-state index < -0.39 is 0 Å². The van der Waals surface area contributed by atoms with E-state index in [1.54, 1.807) is 7.11 Å². The average molecular weight is 290 g/mol. The van der Waals surface area contributed by atoms with Gasteiger partial charge in [-0.2, -0.15) is 0 Å². The number of rotatable bonds is 6. The van der Waals surface area contributed by atoms with Crippen LogP contribution in [0.3, 0.4) is 0 Å². The molecule has 0 radical (unpaired) electrons. The van der Waals surface area contributed by atoms with E-state index in [1.165, 1.54) is 37.7 Å². The molecule has 2 saturated carbocycles. The fourth-order valence-electron chi connectivity index (χ4n) is 3.84. The summed E-state index contributed by atoms with van der Waals surface area (Å²) in [7, 11) is 1.69. The molecule has 2 fully saturated rings. The van der Waals surface area contributed by atoms with Crippen LogP contribution < -0.4 is 9.47 Å². The molecule has 0 spiro atoms. The highest BCUT2D eigenvalue weighted by Gasteiger charge is 2.35. The molecule has 1 aromatic rings. The molecule has 1 aromatic carbocycles. The summed E-state index contributed by atoms with van der Waals surface area (Å²) in [6.45, 7) is 3.27. The van der Waals surface area contributed by atoms with Gasteiger partial charge in [-0.1, -0.05) is 12.8 Å². The fraction of sp³-hybridized carbons (Fsp3) is 0.667. The Kier molecular flexibility index (Phi) is 4.69. The summed E-state index contributed by atoms with van der Waals surface area (Å²) in [6.07, 6.45) is 7.09. The quantitative estimate of drug-likeness (QED) is 0.742. The van der Waals surface area contributed by atoms with Crippen LogP contribution in [0, 0.1) is 18.8 Å². The molecular weight excluding hydrogens is 264 g/mol. The van der Waals surface area contributed by atoms with Gasteiger partial charge in [0.05, 0.1) is 12.7 Å². The van der Waals surface area contributed by atoms with E-state index in [4.69, 9.17) is 14.2 Å². The van der Waals surface area contributed by atoms with E-state index in [-0.39, 0.29) is 0 Å². The van der Waals surface area contributed by atoms with Gasteiger partial charge in [0.1, 0.15) is 18.1 Å². The van der Waals surface area contributed by atoms with E-state index >= 15 is 0 Å². The summed E-state index contributed by atoms with van der Waals surface area (Å²) in [5.41, 5.74) is 1.18. The maximum atomic E-state index is 6.25. The first-order valence-electron chi connectivity index (χ1n) is 8.13. The van der Waals surface area contributed by atoms with Crippen molar-refractivity contribution in [1.82, 2.24) is 0 Å². The number of benzene rings is 1. The third-order valence-electron chi connectivity index (χ3n) is 4.73. The van der Waals surface area contributed by atoms with E-state index in [0.717, 1.165) is 23.3 Å². The van der Waals surface area contributed by atoms with Crippen LogP contribution in [-0.2, 0) is 4.74 Å². The molecule has 3 atom stereocenters. The first-order valence-corrected chi connectivity index (χ1v) is 8.13. The van der Waals surface area contributed by atoms with Crippen LogP contribution >= 0.6 is 0 Å². The lowest BCUT2D eigenvalue weighted by molar-refractivity contribution is 0.117. The van der Waals surface area contributed by atoms with Gasteiger partial charge in [0.25, 0.3) is 0 Å². The van der Waals surface area contributed by atoms with Crippen molar-refractivity contribution in [3.05, 3.63) is 23.8 Å². The van der Waals surface area contributed by atoms with Crippen molar-refractivity contribution in [3.8, 4) is 11.5 Å². The van der Waals surface area contributed by atoms with E-state index in [1.807, 2.05) is 12.1 Å². The lowest BCUT2D eigenvalue weighted by atomic mass is 9.87. The number of aryl methyl sites for hydroxylation is 1. The minimum absolute atomic E-state index is 0.393. The van der Waals surface area contributed by atoms with Crippen LogP contribution in [0.1, 0.15) is 37.7 Å². The molecule has 21 heavy (non-hydrogen) atoms. The van der Waals surface area contributed by atoms with E-state index in [0.29, 0.717) is 19.3 Å². The number of hydrogen-bond donors (Lipinski definition) is 0. The molecule has 116 valence electrons. The Hall–Kier alpha value is -1.22. The smallest absolute Gasteiger partial charge is 0.123 e. The predicted molar refractivity (Wildman–Crippen MR) is 83.0 cm³/mol. The summed E-state index contributed by atoms with van der Waals surface area (Å²) in [4.78, 5) is 0. The summed E-state index contributed by atoms with van der Waals surface area (Å²) in [5.74, 6) is 3.63. The zero-order valence-corrected chi connectivity index (χ0v) is 13.1. The van der Waals surface area contributed by atoms with Gasteiger partial charge in [-0.25, -0.2) is 0 Å². The van der Waals surface area contributed by atoms with Crippen molar-refractivity contribution < 1.29 is 14.2 Å². The molecule has 3 nitrogen and oxygen atoms in total. The van der Waals surface area contributed by atoms with Gasteiger partial charge in [0.15, 0.2) is 0 Å². The van der Waals surface area contributed by atoms with E-state index in [2.05, 4.69) is 13.0 Å². The second-order valence-electron chi connectivity index (χ2n) is 6.58. The van der Waals surface area contributed by atoms with Crippen LogP contribution in [0.4, 0.5) is 0 Å². The SMILES string of the molecule is COCCOc1cc(C)cc(O[C@@H]2C[C@@H]3CC[C@@H](C3)C2)c1. The van der Waals surface area contributed by atoms with Gasteiger partial charge in [-0.15, -0.1) is 0 Å². The lowest BCUT2D eigenvalue weighted by Crippen LogP contribution is -2.26. The van der Waals surface area contributed by atoms with Crippen LogP contribution in [-0.4, -0.2) is 26.4 Å². The predicted octanol–water partition coefficient (Wildman–Crippen LogP) is 3.98. The molecule has 0 heterocycles. The number of fused-ring (bicyclic) bond motifs is 2. The zero-order valence-electron chi connectivity index (χ0n) is 13.1. The van der Waals surface area contributed by atoms with E-state index in [9.17, 15) is 0 Å². The van der Waals surface area contributed by atoms with Crippen molar-refractivity contribution in [3.63, 3.8) is 0 Å². The third-order valence-corrected chi connectivity index (χ3v) is 4.73. The molecule has 0 N–H and O–H groups in total. The monoisotopic (exact) mass is 290 g/mol. The summed E-state index contributed by atoms with van der Waals surface area (Å²) in [5, 5.41) is 0. The second-order valence-corrected chi connectivity index (χ2v) is 6.58. The topological polar surface area (TPSA) is 27.7 Å². The first kappa shape index (κ1) is 14.7. The molecule has 2 aliphatic carbocycles. The van der Waals surface area contributed by atoms with Crippen molar-refractivity contribution in [2.75, 3.05) is 20.3 Å². The number of methoxy groups -OCH3 is 1. The number of hydrogen-bond acceptors (Lipinski definition) is 3. The molecule has 0 amide bonds. The molecule has 0 aliphatic heterocycles. The normalized spacial score (nSPS) is 27.6. The third kappa shape index (κ3) is 3.91. The summed E-state index contributed by atoms with van der Waals surface area (Å²) in [6, 6.07) is 6.17. The molecule has 2 bridgehead atoms. The molecule has 3 rings (SSSR count). The van der Waals surface area contributed by atoms with Gasteiger partial charge in [-0.05, 0) is 55.7 Å². The molecule has 0 unspecified atom stereocenters.